The van der Waals surface area contributed by atoms with Crippen molar-refractivity contribution in [2.24, 2.45) is 0 Å². The van der Waals surface area contributed by atoms with Crippen LogP contribution < -0.4 is 5.32 Å². The summed E-state index contributed by atoms with van der Waals surface area (Å²) in [6.07, 6.45) is 1.60. The number of nitrogens with zero attached hydrogens (tertiary/aromatic N) is 2. The summed E-state index contributed by atoms with van der Waals surface area (Å²) in [5.74, 6) is -1.46. The van der Waals surface area contributed by atoms with E-state index in [9.17, 15) is 14.0 Å². The highest BCUT2D eigenvalue weighted by Gasteiger charge is 2.21. The van der Waals surface area contributed by atoms with E-state index in [1.54, 1.807) is 0 Å². The average molecular weight is 288 g/mol. The van der Waals surface area contributed by atoms with E-state index in [2.05, 4.69) is 10.3 Å². The predicted molar refractivity (Wildman–Crippen MR) is 69.5 cm³/mol. The smallest absolute Gasteiger partial charge is 0.257 e. The number of pyridine rings is 1. The first-order valence-electron chi connectivity index (χ1n) is 5.80. The molecule has 1 aromatic rings. The van der Waals surface area contributed by atoms with E-state index in [0.29, 0.717) is 13.0 Å². The summed E-state index contributed by atoms with van der Waals surface area (Å²) in [6, 6.07) is 1.02. The van der Waals surface area contributed by atoms with Crippen LogP contribution in [0.4, 0.5) is 4.39 Å². The van der Waals surface area contributed by atoms with Crippen LogP contribution in [0, 0.1) is 5.82 Å². The first kappa shape index (κ1) is 15.4. The van der Waals surface area contributed by atoms with Gasteiger partial charge in [-0.25, -0.2) is 9.37 Å². The fourth-order valence-corrected chi connectivity index (χ4v) is 1.70. The molecule has 5 nitrogen and oxygen atoms in total. The lowest BCUT2D eigenvalue weighted by molar-refractivity contribution is -0.121. The summed E-state index contributed by atoms with van der Waals surface area (Å²) in [5.41, 5.74) is -0.0426. The van der Waals surface area contributed by atoms with Crippen LogP contribution in [0.2, 0.25) is 5.15 Å². The Balaban J connectivity index is 2.98. The maximum atomic E-state index is 13.1. The number of amides is 2. The molecule has 0 bridgehead atoms. The number of rotatable bonds is 5. The van der Waals surface area contributed by atoms with Crippen LogP contribution >= 0.6 is 11.6 Å². The highest BCUT2D eigenvalue weighted by molar-refractivity contribution is 6.32. The molecular weight excluding hydrogens is 273 g/mol. The summed E-state index contributed by atoms with van der Waals surface area (Å²) in [4.78, 5) is 28.5. The molecule has 1 heterocycles. The fraction of sp³-hybridized carbons (Fsp3) is 0.417. The van der Waals surface area contributed by atoms with Crippen molar-refractivity contribution in [3.8, 4) is 0 Å². The van der Waals surface area contributed by atoms with Gasteiger partial charge in [-0.2, -0.15) is 0 Å². The SMILES string of the molecule is CCCN(CC(=O)NC)C(=O)c1cc(F)cnc1Cl. The van der Waals surface area contributed by atoms with E-state index in [-0.39, 0.29) is 23.2 Å². The standard InChI is InChI=1S/C12H15ClFN3O2/c1-3-4-17(7-10(18)15-2)12(19)9-5-8(14)6-16-11(9)13/h5-6H,3-4,7H2,1-2H3,(H,15,18). The molecule has 19 heavy (non-hydrogen) atoms. The zero-order valence-corrected chi connectivity index (χ0v) is 11.5. The third-order valence-corrected chi connectivity index (χ3v) is 2.73. The van der Waals surface area contributed by atoms with Crippen LogP contribution in [0.15, 0.2) is 12.3 Å². The van der Waals surface area contributed by atoms with Gasteiger partial charge >= 0.3 is 0 Å². The van der Waals surface area contributed by atoms with Gasteiger partial charge < -0.3 is 10.2 Å². The van der Waals surface area contributed by atoms with Gasteiger partial charge in [0.25, 0.3) is 5.91 Å². The molecule has 1 N–H and O–H groups in total. The van der Waals surface area contributed by atoms with E-state index < -0.39 is 11.7 Å². The average Bonchev–Trinajstić information content (AvgIpc) is 2.40. The molecule has 0 aliphatic heterocycles. The lowest BCUT2D eigenvalue weighted by atomic mass is 10.2. The molecule has 1 rings (SSSR count). The molecule has 0 atom stereocenters. The molecule has 0 unspecified atom stereocenters. The summed E-state index contributed by atoms with van der Waals surface area (Å²) in [6.45, 7) is 2.14. The van der Waals surface area contributed by atoms with Crippen LogP contribution in [0.25, 0.3) is 0 Å². The van der Waals surface area contributed by atoms with Crippen LogP contribution in [0.3, 0.4) is 0 Å². The van der Waals surface area contributed by atoms with E-state index in [4.69, 9.17) is 11.6 Å². The van der Waals surface area contributed by atoms with Gasteiger partial charge in [-0.05, 0) is 12.5 Å². The Labute approximate surface area is 115 Å². The molecule has 0 fully saturated rings. The highest BCUT2D eigenvalue weighted by atomic mass is 35.5. The fourth-order valence-electron chi connectivity index (χ4n) is 1.52. The lowest BCUT2D eigenvalue weighted by Crippen LogP contribution is -2.40. The van der Waals surface area contributed by atoms with Crippen LogP contribution in [-0.4, -0.2) is 41.8 Å². The Bertz CT molecular complexity index is 482. The second kappa shape index (κ2) is 7.04. The minimum absolute atomic E-state index is 0.0426. The van der Waals surface area contributed by atoms with E-state index in [1.807, 2.05) is 6.92 Å². The Kier molecular flexibility index (Phi) is 5.69. The number of halogens is 2. The Hall–Kier alpha value is -1.69. The number of carbonyl (C=O) groups excluding carboxylic acids is 2. The number of aromatic nitrogens is 1. The van der Waals surface area contributed by atoms with Crippen molar-refractivity contribution in [2.75, 3.05) is 20.1 Å². The monoisotopic (exact) mass is 287 g/mol. The van der Waals surface area contributed by atoms with Crippen LogP contribution in [0.5, 0.6) is 0 Å². The van der Waals surface area contributed by atoms with Crippen LogP contribution in [-0.2, 0) is 4.79 Å². The second-order valence-electron chi connectivity index (χ2n) is 3.89. The van der Waals surface area contributed by atoms with Gasteiger partial charge in [0.15, 0.2) is 0 Å². The Morgan fingerprint density at radius 1 is 1.53 bits per heavy atom. The largest absolute Gasteiger partial charge is 0.358 e. The third-order valence-electron chi connectivity index (χ3n) is 2.43. The van der Waals surface area contributed by atoms with E-state index in [1.165, 1.54) is 11.9 Å². The Morgan fingerprint density at radius 3 is 2.79 bits per heavy atom. The molecule has 1 aromatic heterocycles. The van der Waals surface area contributed by atoms with Crippen molar-refractivity contribution >= 4 is 23.4 Å². The summed E-state index contributed by atoms with van der Waals surface area (Å²) < 4.78 is 13.1. The minimum Gasteiger partial charge on any atom is -0.358 e. The van der Waals surface area contributed by atoms with E-state index >= 15 is 0 Å². The van der Waals surface area contributed by atoms with Gasteiger partial charge in [-0.15, -0.1) is 0 Å². The van der Waals surface area contributed by atoms with Crippen molar-refractivity contribution in [2.45, 2.75) is 13.3 Å². The third kappa shape index (κ3) is 4.17. The lowest BCUT2D eigenvalue weighted by Gasteiger charge is -2.21. The molecular formula is C12H15ClFN3O2. The highest BCUT2D eigenvalue weighted by Crippen LogP contribution is 2.16. The molecule has 0 radical (unpaired) electrons. The summed E-state index contributed by atoms with van der Waals surface area (Å²) in [7, 11) is 1.48. The molecule has 0 aliphatic carbocycles. The van der Waals surface area contributed by atoms with Gasteiger partial charge in [-0.3, -0.25) is 9.59 Å². The van der Waals surface area contributed by atoms with Crippen molar-refractivity contribution in [3.05, 3.63) is 28.8 Å². The van der Waals surface area contributed by atoms with Crippen molar-refractivity contribution < 1.29 is 14.0 Å². The zero-order valence-electron chi connectivity index (χ0n) is 10.7. The van der Waals surface area contributed by atoms with Crippen molar-refractivity contribution in [3.63, 3.8) is 0 Å². The van der Waals surface area contributed by atoms with Gasteiger partial charge in [0, 0.05) is 13.6 Å². The molecule has 2 amide bonds. The number of hydrogen-bond acceptors (Lipinski definition) is 3. The maximum absolute atomic E-state index is 13.1. The number of likely N-dealkylation sites (N-methyl/N-ethyl adjacent to an activating group) is 1. The number of nitrogens with one attached hydrogen (secondary N) is 1. The van der Waals surface area contributed by atoms with Crippen molar-refractivity contribution in [1.82, 2.24) is 15.2 Å². The predicted octanol–water partition coefficient (Wildman–Crippen LogP) is 1.47. The first-order chi connectivity index (χ1) is 8.99. The van der Waals surface area contributed by atoms with Gasteiger partial charge in [0.2, 0.25) is 5.91 Å². The Morgan fingerprint density at radius 2 is 2.21 bits per heavy atom. The van der Waals surface area contributed by atoms with Gasteiger partial charge in [-0.1, -0.05) is 18.5 Å². The molecule has 0 spiro atoms. The van der Waals surface area contributed by atoms with Crippen LogP contribution in [0.1, 0.15) is 23.7 Å². The summed E-state index contributed by atoms with van der Waals surface area (Å²) in [5, 5.41) is 2.35. The van der Waals surface area contributed by atoms with Gasteiger partial charge in [0.1, 0.15) is 11.0 Å². The molecule has 0 saturated heterocycles. The normalized spacial score (nSPS) is 10.1. The molecule has 7 heteroatoms. The number of hydrogen-bond donors (Lipinski definition) is 1. The molecule has 0 saturated carbocycles. The topological polar surface area (TPSA) is 62.3 Å². The molecule has 104 valence electrons. The molecule has 0 aromatic carbocycles. The van der Waals surface area contributed by atoms with Crippen molar-refractivity contribution in [1.29, 1.82) is 0 Å². The second-order valence-corrected chi connectivity index (χ2v) is 4.25. The van der Waals surface area contributed by atoms with Gasteiger partial charge in [0.05, 0.1) is 18.3 Å². The molecule has 0 aliphatic rings. The number of carbonyl (C=O) groups is 2. The van der Waals surface area contributed by atoms with E-state index in [0.717, 1.165) is 12.3 Å². The maximum Gasteiger partial charge on any atom is 0.257 e. The first-order valence-corrected chi connectivity index (χ1v) is 6.18. The summed E-state index contributed by atoms with van der Waals surface area (Å²) >= 11 is 5.78. The zero-order chi connectivity index (χ0) is 14.4. The minimum atomic E-state index is -0.649. The quantitative estimate of drug-likeness (QED) is 0.834.